The quantitative estimate of drug-likeness (QED) is 0.150. The van der Waals surface area contributed by atoms with Crippen LogP contribution in [0.5, 0.6) is 17.2 Å². The molecule has 0 amide bonds. The topological polar surface area (TPSA) is 98.9 Å². The molecule has 272 valence electrons. The molecule has 3 heterocycles. The average molecular weight is 699 g/mol. The summed E-state index contributed by atoms with van der Waals surface area (Å²) in [6.45, 7) is 6.64. The molecule has 1 aliphatic carbocycles. The third kappa shape index (κ3) is 9.50. The Morgan fingerprint density at radius 2 is 1.86 bits per heavy atom. The van der Waals surface area contributed by atoms with Gasteiger partial charge in [0.15, 0.2) is 0 Å². The van der Waals surface area contributed by atoms with E-state index in [9.17, 15) is 23.1 Å². The molecule has 0 spiro atoms. The highest BCUT2D eigenvalue weighted by Crippen LogP contribution is 2.48. The van der Waals surface area contributed by atoms with E-state index in [-0.39, 0.29) is 24.4 Å². The molecule has 1 N–H and O–H groups in total. The molecular weight excluding hydrogens is 649 g/mol. The smallest absolute Gasteiger partial charge is 0.490 e. The van der Waals surface area contributed by atoms with Gasteiger partial charge >= 0.3 is 12.3 Å². The Morgan fingerprint density at radius 3 is 2.58 bits per heavy atom. The van der Waals surface area contributed by atoms with E-state index in [1.165, 1.54) is 18.6 Å². The van der Waals surface area contributed by atoms with Crippen LogP contribution in [0.25, 0.3) is 0 Å². The van der Waals surface area contributed by atoms with Gasteiger partial charge in [-0.05, 0) is 111 Å². The number of carbonyl (C=O) groups is 1. The summed E-state index contributed by atoms with van der Waals surface area (Å²) in [5, 5.41) is 18.1. The molecule has 2 aromatic carbocycles. The molecule has 12 heteroatoms. The van der Waals surface area contributed by atoms with Crippen LogP contribution in [0, 0.1) is 17.8 Å². The fraction of sp³-hybridized carbons (Fsp3) is 0.605. The number of ether oxygens (including phenoxy) is 3. The van der Waals surface area contributed by atoms with Gasteiger partial charge in [0.05, 0.1) is 12.1 Å². The lowest BCUT2D eigenvalue weighted by Gasteiger charge is -2.38. The number of aliphatic carboxylic acids is 1. The molecule has 9 nitrogen and oxygen atoms in total. The molecule has 1 aromatic heterocycles. The first-order valence-electron chi connectivity index (χ1n) is 18.2. The number of halogens is 3. The zero-order valence-corrected chi connectivity index (χ0v) is 29.0. The Labute approximate surface area is 292 Å². The summed E-state index contributed by atoms with van der Waals surface area (Å²) in [5.74, 6) is 0.573. The van der Waals surface area contributed by atoms with Crippen molar-refractivity contribution in [2.75, 3.05) is 13.1 Å². The van der Waals surface area contributed by atoms with Gasteiger partial charge in [-0.25, -0.2) is 0 Å². The number of hydrogen-bond acceptors (Lipinski definition) is 7. The fourth-order valence-electron chi connectivity index (χ4n) is 7.61. The van der Waals surface area contributed by atoms with Gasteiger partial charge in [-0.15, -0.1) is 18.3 Å². The molecule has 50 heavy (non-hydrogen) atoms. The van der Waals surface area contributed by atoms with Gasteiger partial charge in [-0.1, -0.05) is 50.5 Å². The number of alkyl halides is 3. The number of aryl methyl sites for hydroxylation is 2. The lowest BCUT2D eigenvalue weighted by Crippen LogP contribution is -2.40. The molecule has 0 bridgehead atoms. The van der Waals surface area contributed by atoms with Crippen LogP contribution in [0.2, 0.25) is 0 Å². The first-order chi connectivity index (χ1) is 24.1. The molecule has 2 fully saturated rings. The van der Waals surface area contributed by atoms with E-state index in [1.807, 2.05) is 6.20 Å². The second kappa shape index (κ2) is 16.0. The van der Waals surface area contributed by atoms with Crippen molar-refractivity contribution in [2.24, 2.45) is 17.8 Å². The largest absolute Gasteiger partial charge is 0.573 e. The van der Waals surface area contributed by atoms with E-state index >= 15 is 0 Å². The van der Waals surface area contributed by atoms with Crippen molar-refractivity contribution < 1.29 is 37.3 Å². The molecule has 3 aromatic rings. The van der Waals surface area contributed by atoms with Crippen molar-refractivity contribution in [3.8, 4) is 17.2 Å². The predicted octanol–water partition coefficient (Wildman–Crippen LogP) is 8.16. The lowest BCUT2D eigenvalue weighted by atomic mass is 9.81. The molecule has 0 radical (unpaired) electrons. The first kappa shape index (κ1) is 36.0. The molecule has 1 saturated heterocycles. The number of benzene rings is 2. The van der Waals surface area contributed by atoms with Crippen LogP contribution in [-0.4, -0.2) is 56.5 Å². The maximum atomic E-state index is 13.3. The molecule has 1 saturated carbocycles. The summed E-state index contributed by atoms with van der Waals surface area (Å²) in [4.78, 5) is 14.0. The number of carboxylic acids is 1. The number of rotatable bonds is 16. The van der Waals surface area contributed by atoms with Crippen LogP contribution in [0.3, 0.4) is 0 Å². The Hall–Kier alpha value is -3.80. The Morgan fingerprint density at radius 1 is 1.06 bits per heavy atom. The van der Waals surface area contributed by atoms with E-state index in [0.717, 1.165) is 94.3 Å². The Balaban J connectivity index is 1.05. The monoisotopic (exact) mass is 698 g/mol. The zero-order chi connectivity index (χ0) is 35.3. The minimum absolute atomic E-state index is 0.0130. The molecule has 0 unspecified atom stereocenters. The van der Waals surface area contributed by atoms with Gasteiger partial charge in [0, 0.05) is 18.7 Å². The summed E-state index contributed by atoms with van der Waals surface area (Å²) in [6.07, 6.45) is 7.25. The second-order valence-corrected chi connectivity index (χ2v) is 14.3. The summed E-state index contributed by atoms with van der Waals surface area (Å²) in [5.41, 5.74) is 3.27. The Kier molecular flexibility index (Phi) is 11.6. The number of nitrogens with zero attached hydrogens (tertiary/aromatic N) is 4. The van der Waals surface area contributed by atoms with Crippen molar-refractivity contribution in [1.82, 2.24) is 19.9 Å². The molecule has 3 atom stereocenters. The number of piperidine rings is 1. The normalized spacial score (nSPS) is 19.7. The zero-order valence-electron chi connectivity index (χ0n) is 29.0. The number of likely N-dealkylation sites (tertiary alicyclic amines) is 1. The molecule has 2 aliphatic heterocycles. The average Bonchev–Trinajstić information content (AvgIpc) is 3.82. The highest BCUT2D eigenvalue weighted by atomic mass is 19.4. The Bertz CT molecular complexity index is 1580. The van der Waals surface area contributed by atoms with E-state index in [1.54, 1.807) is 17.7 Å². The van der Waals surface area contributed by atoms with Gasteiger partial charge in [0.2, 0.25) is 0 Å². The number of aromatic nitrogens is 3. The van der Waals surface area contributed by atoms with Gasteiger partial charge in [-0.3, -0.25) is 14.4 Å². The molecule has 3 aliphatic rings. The number of hydrogen-bond donors (Lipinski definition) is 1. The van der Waals surface area contributed by atoms with E-state index < -0.39 is 18.2 Å². The highest BCUT2D eigenvalue weighted by Gasteiger charge is 2.40. The van der Waals surface area contributed by atoms with Crippen molar-refractivity contribution >= 4 is 5.97 Å². The van der Waals surface area contributed by atoms with Crippen LogP contribution >= 0.6 is 0 Å². The van der Waals surface area contributed by atoms with Gasteiger partial charge in [0.25, 0.3) is 0 Å². The van der Waals surface area contributed by atoms with E-state index in [4.69, 9.17) is 9.47 Å². The van der Waals surface area contributed by atoms with E-state index in [0.29, 0.717) is 35.4 Å². The number of fused-ring (bicyclic) bond motifs is 1. The second-order valence-electron chi connectivity index (χ2n) is 14.3. The third-order valence-corrected chi connectivity index (χ3v) is 10.5. The highest BCUT2D eigenvalue weighted by molar-refractivity contribution is 5.71. The van der Waals surface area contributed by atoms with Crippen molar-refractivity contribution in [3.63, 3.8) is 0 Å². The SMILES string of the molecule is CCCCCCn1cc(COc2ccc(OC(F)(F)F)c(CN3CCC([C@H]4CCc5ccc([C@H](C6CC6)[C@H](C)C(=O)O)cc5O4)CC3)c2)nn1. The van der Waals surface area contributed by atoms with Crippen LogP contribution < -0.4 is 14.2 Å². The van der Waals surface area contributed by atoms with Crippen LogP contribution in [0.15, 0.2) is 42.6 Å². The minimum atomic E-state index is -4.81. The lowest BCUT2D eigenvalue weighted by molar-refractivity contribution is -0.275. The van der Waals surface area contributed by atoms with Gasteiger partial charge in [0.1, 0.15) is 35.7 Å². The summed E-state index contributed by atoms with van der Waals surface area (Å²) >= 11 is 0. The summed E-state index contributed by atoms with van der Waals surface area (Å²) in [6, 6.07) is 10.7. The summed E-state index contributed by atoms with van der Waals surface area (Å²) in [7, 11) is 0. The van der Waals surface area contributed by atoms with Crippen LogP contribution in [0.1, 0.15) is 99.9 Å². The predicted molar refractivity (Wildman–Crippen MR) is 181 cm³/mol. The number of unbranched alkanes of at least 4 members (excludes halogenated alkanes) is 3. The minimum Gasteiger partial charge on any atom is -0.490 e. The maximum Gasteiger partial charge on any atom is 0.573 e. The molecule has 6 rings (SSSR count). The molecular formula is C38H49F3N4O5. The first-order valence-corrected chi connectivity index (χ1v) is 18.2. The number of carboxylic acid groups (broad SMARTS) is 1. The van der Waals surface area contributed by atoms with Gasteiger partial charge in [-0.2, -0.15) is 0 Å². The van der Waals surface area contributed by atoms with Crippen LogP contribution in [0.4, 0.5) is 13.2 Å². The summed E-state index contributed by atoms with van der Waals surface area (Å²) < 4.78 is 58.7. The van der Waals surface area contributed by atoms with Gasteiger partial charge < -0.3 is 19.3 Å². The van der Waals surface area contributed by atoms with Crippen molar-refractivity contribution in [2.45, 2.75) is 116 Å². The fourth-order valence-corrected chi connectivity index (χ4v) is 7.61. The maximum absolute atomic E-state index is 13.3. The van der Waals surface area contributed by atoms with E-state index in [2.05, 4.69) is 45.1 Å². The third-order valence-electron chi connectivity index (χ3n) is 10.5. The van der Waals surface area contributed by atoms with Crippen LogP contribution in [-0.2, 0) is 30.9 Å². The van der Waals surface area contributed by atoms with Crippen molar-refractivity contribution in [1.29, 1.82) is 0 Å². The van der Waals surface area contributed by atoms with Crippen molar-refractivity contribution in [3.05, 3.63) is 65.0 Å². The standard InChI is InChI=1S/C38H49F3N4O5/c1-3-4-5-6-17-45-23-31(42-43-45)24-48-32-12-14-34(50-38(39,40)41)30(20-32)22-44-18-15-27(16-19-44)33-13-11-26-7-10-29(21-35(26)49-33)36(28-8-9-28)25(2)37(46)47/h7,10,12,14,20-21,23,25,27-28,33,36H,3-6,8-9,11,13,15-19,22,24H2,1-2H3,(H,46,47)/t25-,33+,36-/m0/s1.